The maximum Gasteiger partial charge on any atom is 0.0650 e. The number of nitrogens with one attached hydrogen (secondary N) is 1. The van der Waals surface area contributed by atoms with Crippen molar-refractivity contribution in [3.8, 4) is 0 Å². The molecule has 3 nitrogen and oxygen atoms in total. The smallest absolute Gasteiger partial charge is 0.0650 e. The fourth-order valence-electron chi connectivity index (χ4n) is 3.76. The molecule has 4 rings (SSSR count). The average Bonchev–Trinajstić information content (AvgIpc) is 3.04. The Morgan fingerprint density at radius 1 is 1.09 bits per heavy atom. The van der Waals surface area contributed by atoms with Gasteiger partial charge in [-0.3, -0.25) is 10.00 Å². The number of hydrogen-bond acceptors (Lipinski definition) is 2. The predicted molar refractivity (Wildman–Crippen MR) is 94.2 cm³/mol. The Labute approximate surface area is 137 Å². The second kappa shape index (κ2) is 6.55. The summed E-state index contributed by atoms with van der Waals surface area (Å²) in [5, 5.41) is 8.36. The average molecular weight is 305 g/mol. The first-order valence-corrected chi connectivity index (χ1v) is 8.55. The lowest BCUT2D eigenvalue weighted by molar-refractivity contribution is 0.167. The SMILES string of the molecule is c1ccc(CN2CCC[C@H](Cc3ccc4[nH]ncc4c3)C2)cc1. The van der Waals surface area contributed by atoms with Crippen LogP contribution in [0.4, 0.5) is 0 Å². The largest absolute Gasteiger partial charge is 0.299 e. The van der Waals surface area contributed by atoms with Crippen LogP contribution in [-0.4, -0.2) is 28.2 Å². The first kappa shape index (κ1) is 14.5. The van der Waals surface area contributed by atoms with Gasteiger partial charge in [-0.1, -0.05) is 36.4 Å². The van der Waals surface area contributed by atoms with Crippen molar-refractivity contribution in [2.45, 2.75) is 25.8 Å². The Hall–Kier alpha value is -2.13. The maximum atomic E-state index is 4.11. The molecule has 0 unspecified atom stereocenters. The number of fused-ring (bicyclic) bond motifs is 1. The van der Waals surface area contributed by atoms with Gasteiger partial charge in [-0.05, 0) is 55.0 Å². The van der Waals surface area contributed by atoms with E-state index >= 15 is 0 Å². The number of nitrogens with zero attached hydrogens (tertiary/aromatic N) is 2. The number of benzene rings is 2. The van der Waals surface area contributed by atoms with Crippen molar-refractivity contribution >= 4 is 10.9 Å². The van der Waals surface area contributed by atoms with Crippen LogP contribution in [0.15, 0.2) is 54.7 Å². The van der Waals surface area contributed by atoms with Crippen molar-refractivity contribution < 1.29 is 0 Å². The molecule has 1 saturated heterocycles. The summed E-state index contributed by atoms with van der Waals surface area (Å²) < 4.78 is 0. The number of H-pyrrole nitrogens is 1. The summed E-state index contributed by atoms with van der Waals surface area (Å²) in [5.41, 5.74) is 3.99. The third-order valence-electron chi connectivity index (χ3n) is 4.88. The number of aromatic nitrogens is 2. The molecule has 3 heteroatoms. The van der Waals surface area contributed by atoms with Gasteiger partial charge in [0, 0.05) is 18.5 Å². The Balaban J connectivity index is 1.40. The molecule has 2 aromatic carbocycles. The Kier molecular flexibility index (Phi) is 4.12. The zero-order valence-corrected chi connectivity index (χ0v) is 13.4. The summed E-state index contributed by atoms with van der Waals surface area (Å²) in [7, 11) is 0. The molecule has 0 radical (unpaired) electrons. The molecule has 1 aromatic heterocycles. The van der Waals surface area contributed by atoms with Gasteiger partial charge in [0.25, 0.3) is 0 Å². The Morgan fingerprint density at radius 2 is 2.00 bits per heavy atom. The van der Waals surface area contributed by atoms with Crippen molar-refractivity contribution in [3.63, 3.8) is 0 Å². The third kappa shape index (κ3) is 3.45. The van der Waals surface area contributed by atoms with Gasteiger partial charge in [0.2, 0.25) is 0 Å². The highest BCUT2D eigenvalue weighted by atomic mass is 15.1. The lowest BCUT2D eigenvalue weighted by Gasteiger charge is -2.33. The molecule has 0 saturated carbocycles. The zero-order valence-electron chi connectivity index (χ0n) is 13.4. The first-order valence-electron chi connectivity index (χ1n) is 8.55. The minimum absolute atomic E-state index is 0.761. The standard InChI is InChI=1S/C20H23N3/c1-2-5-16(6-3-1)14-23-10-4-7-18(15-23)11-17-8-9-20-19(12-17)13-21-22-20/h1-3,5-6,8-9,12-13,18H,4,7,10-11,14-15H2,(H,21,22)/t18-/m1/s1. The summed E-state index contributed by atoms with van der Waals surface area (Å²) in [6.45, 7) is 3.52. The van der Waals surface area contributed by atoms with Gasteiger partial charge < -0.3 is 0 Å². The quantitative estimate of drug-likeness (QED) is 0.789. The van der Waals surface area contributed by atoms with Gasteiger partial charge in [0.1, 0.15) is 0 Å². The molecule has 1 fully saturated rings. The molecule has 0 bridgehead atoms. The summed E-state index contributed by atoms with van der Waals surface area (Å²) in [5.74, 6) is 0.761. The van der Waals surface area contributed by atoms with Crippen molar-refractivity contribution in [2.75, 3.05) is 13.1 Å². The molecular formula is C20H23N3. The molecule has 0 aliphatic carbocycles. The van der Waals surface area contributed by atoms with Crippen molar-refractivity contribution in [3.05, 3.63) is 65.9 Å². The van der Waals surface area contributed by atoms with Crippen LogP contribution in [0.2, 0.25) is 0 Å². The van der Waals surface area contributed by atoms with E-state index in [2.05, 4.69) is 63.6 Å². The zero-order chi connectivity index (χ0) is 15.5. The summed E-state index contributed by atoms with van der Waals surface area (Å²) >= 11 is 0. The van der Waals surface area contributed by atoms with Crippen LogP contribution < -0.4 is 0 Å². The molecule has 0 spiro atoms. The highest BCUT2D eigenvalue weighted by Gasteiger charge is 2.20. The third-order valence-corrected chi connectivity index (χ3v) is 4.88. The van der Waals surface area contributed by atoms with E-state index in [-0.39, 0.29) is 0 Å². The van der Waals surface area contributed by atoms with Crippen molar-refractivity contribution in [1.82, 2.24) is 15.1 Å². The van der Waals surface area contributed by atoms with E-state index in [0.717, 1.165) is 18.0 Å². The fourth-order valence-corrected chi connectivity index (χ4v) is 3.76. The fraction of sp³-hybridized carbons (Fsp3) is 0.350. The van der Waals surface area contributed by atoms with Gasteiger partial charge in [0.15, 0.2) is 0 Å². The number of rotatable bonds is 4. The maximum absolute atomic E-state index is 4.11. The number of likely N-dealkylation sites (tertiary alicyclic amines) is 1. The van der Waals surface area contributed by atoms with E-state index in [9.17, 15) is 0 Å². The summed E-state index contributed by atoms with van der Waals surface area (Å²) in [6, 6.07) is 17.5. The van der Waals surface area contributed by atoms with Crippen LogP contribution in [0.25, 0.3) is 10.9 Å². The van der Waals surface area contributed by atoms with Gasteiger partial charge in [-0.2, -0.15) is 5.10 Å². The molecule has 1 aliphatic rings. The molecule has 1 N–H and O–H groups in total. The highest BCUT2D eigenvalue weighted by molar-refractivity contribution is 5.78. The summed E-state index contributed by atoms with van der Waals surface area (Å²) in [6.07, 6.45) is 5.74. The van der Waals surface area contributed by atoms with Crippen LogP contribution in [0, 0.1) is 5.92 Å². The van der Waals surface area contributed by atoms with E-state index in [1.54, 1.807) is 0 Å². The van der Waals surface area contributed by atoms with Crippen LogP contribution in [-0.2, 0) is 13.0 Å². The van der Waals surface area contributed by atoms with E-state index in [1.165, 1.54) is 48.9 Å². The van der Waals surface area contributed by atoms with Crippen LogP contribution >= 0.6 is 0 Å². The van der Waals surface area contributed by atoms with E-state index < -0.39 is 0 Å². The second-order valence-electron chi connectivity index (χ2n) is 6.72. The molecule has 1 atom stereocenters. The Morgan fingerprint density at radius 3 is 2.91 bits per heavy atom. The van der Waals surface area contributed by atoms with E-state index in [4.69, 9.17) is 0 Å². The molecule has 1 aliphatic heterocycles. The Bertz CT molecular complexity index is 763. The minimum atomic E-state index is 0.761. The van der Waals surface area contributed by atoms with Crippen LogP contribution in [0.5, 0.6) is 0 Å². The second-order valence-corrected chi connectivity index (χ2v) is 6.72. The molecule has 118 valence electrons. The predicted octanol–water partition coefficient (Wildman–Crippen LogP) is 4.02. The van der Waals surface area contributed by atoms with Crippen molar-refractivity contribution in [1.29, 1.82) is 0 Å². The minimum Gasteiger partial charge on any atom is -0.299 e. The van der Waals surface area contributed by atoms with Crippen molar-refractivity contribution in [2.24, 2.45) is 5.92 Å². The van der Waals surface area contributed by atoms with Gasteiger partial charge >= 0.3 is 0 Å². The lowest BCUT2D eigenvalue weighted by Crippen LogP contribution is -2.35. The van der Waals surface area contributed by atoms with E-state index in [1.807, 2.05) is 6.20 Å². The molecule has 2 heterocycles. The number of piperidine rings is 1. The molecular weight excluding hydrogens is 282 g/mol. The van der Waals surface area contributed by atoms with Crippen LogP contribution in [0.1, 0.15) is 24.0 Å². The first-order chi connectivity index (χ1) is 11.4. The topological polar surface area (TPSA) is 31.9 Å². The number of hydrogen-bond donors (Lipinski definition) is 1. The lowest BCUT2D eigenvalue weighted by atomic mass is 9.90. The normalized spacial score (nSPS) is 19.2. The monoisotopic (exact) mass is 305 g/mol. The van der Waals surface area contributed by atoms with E-state index in [0.29, 0.717) is 0 Å². The number of aromatic amines is 1. The van der Waals surface area contributed by atoms with Gasteiger partial charge in [-0.15, -0.1) is 0 Å². The van der Waals surface area contributed by atoms with Crippen LogP contribution in [0.3, 0.4) is 0 Å². The highest BCUT2D eigenvalue weighted by Crippen LogP contribution is 2.23. The molecule has 3 aromatic rings. The molecule has 0 amide bonds. The van der Waals surface area contributed by atoms with Gasteiger partial charge in [0.05, 0.1) is 11.7 Å². The molecule has 23 heavy (non-hydrogen) atoms. The van der Waals surface area contributed by atoms with Gasteiger partial charge in [-0.25, -0.2) is 0 Å². The summed E-state index contributed by atoms with van der Waals surface area (Å²) in [4.78, 5) is 2.61.